The molecular weight excluding hydrogens is 546 g/mol. The molecule has 43 heavy (non-hydrogen) atoms. The number of carbonyl (C=O) groups excluding carboxylic acids is 1. The minimum absolute atomic E-state index is 0.214. The molecule has 1 atom stereocenters. The molecule has 0 bridgehead atoms. The van der Waals surface area contributed by atoms with E-state index in [0.29, 0.717) is 43.5 Å². The SMILES string of the molecule is CC(C)c1cccc(OC(C)c2nnc([C@H]3CC[C@H](n4cc(C5(O)CCN(C(=O)OC(C)(C)C)CC5)nn4)CC3)n2C)c1. The van der Waals surface area contributed by atoms with Gasteiger partial charge in [0.1, 0.15) is 28.5 Å². The van der Waals surface area contributed by atoms with Gasteiger partial charge < -0.3 is 24.0 Å². The van der Waals surface area contributed by atoms with Gasteiger partial charge in [-0.2, -0.15) is 0 Å². The fraction of sp³-hybridized carbons (Fsp3) is 0.656. The van der Waals surface area contributed by atoms with Gasteiger partial charge in [-0.1, -0.05) is 31.2 Å². The highest BCUT2D eigenvalue weighted by molar-refractivity contribution is 5.68. The molecule has 1 aromatic carbocycles. The van der Waals surface area contributed by atoms with Crippen LogP contribution in [0.25, 0.3) is 0 Å². The van der Waals surface area contributed by atoms with E-state index < -0.39 is 11.2 Å². The number of aliphatic hydroxyl groups is 1. The van der Waals surface area contributed by atoms with Gasteiger partial charge in [0.15, 0.2) is 11.9 Å². The van der Waals surface area contributed by atoms with Crippen LogP contribution in [0.15, 0.2) is 30.5 Å². The Morgan fingerprint density at radius 2 is 1.74 bits per heavy atom. The maximum Gasteiger partial charge on any atom is 0.410 e. The zero-order chi connectivity index (χ0) is 30.9. The van der Waals surface area contributed by atoms with Crippen LogP contribution in [0.4, 0.5) is 4.79 Å². The molecule has 3 heterocycles. The van der Waals surface area contributed by atoms with Crippen LogP contribution in [-0.2, 0) is 17.4 Å². The summed E-state index contributed by atoms with van der Waals surface area (Å²) in [6.45, 7) is 12.8. The normalized spacial score (nSPS) is 21.6. The number of hydrogen-bond acceptors (Lipinski definition) is 8. The van der Waals surface area contributed by atoms with Crippen molar-refractivity contribution in [3.8, 4) is 5.75 Å². The lowest BCUT2D eigenvalue weighted by Gasteiger charge is -2.37. The first-order valence-electron chi connectivity index (χ1n) is 15.6. The van der Waals surface area contributed by atoms with Gasteiger partial charge in [-0.25, -0.2) is 9.48 Å². The summed E-state index contributed by atoms with van der Waals surface area (Å²) < 4.78 is 15.7. The standard InChI is InChI=1S/C32H47N7O4/c1-21(2)24-9-8-10-26(19-24)42-22(3)28-34-35-29(37(28)7)23-11-13-25(14-12-23)39-20-27(33-36-39)32(41)15-17-38(18-16-32)30(40)43-31(4,5)6/h8-10,19-23,25,41H,11-18H2,1-7H3/t22?,23-,25-. The van der Waals surface area contributed by atoms with Crippen LogP contribution in [0, 0.1) is 0 Å². The lowest BCUT2D eigenvalue weighted by Crippen LogP contribution is -2.47. The summed E-state index contributed by atoms with van der Waals surface area (Å²) in [6.07, 6.45) is 5.93. The van der Waals surface area contributed by atoms with E-state index in [1.165, 1.54) is 5.56 Å². The van der Waals surface area contributed by atoms with Crippen LogP contribution in [0.2, 0.25) is 0 Å². The maximum atomic E-state index is 12.4. The molecule has 1 unspecified atom stereocenters. The van der Waals surface area contributed by atoms with Crippen LogP contribution < -0.4 is 4.74 Å². The highest BCUT2D eigenvalue weighted by Crippen LogP contribution is 2.39. The second kappa shape index (κ2) is 12.3. The Labute approximate surface area is 254 Å². The van der Waals surface area contributed by atoms with Crippen molar-refractivity contribution in [3.05, 3.63) is 53.4 Å². The molecule has 11 heteroatoms. The van der Waals surface area contributed by atoms with E-state index in [0.717, 1.165) is 43.1 Å². The number of rotatable bonds is 7. The minimum Gasteiger partial charge on any atom is -0.483 e. The molecule has 1 aliphatic heterocycles. The third-order valence-electron chi connectivity index (χ3n) is 8.81. The molecule has 11 nitrogen and oxygen atoms in total. The third-order valence-corrected chi connectivity index (χ3v) is 8.81. The van der Waals surface area contributed by atoms with Crippen LogP contribution in [0.3, 0.4) is 0 Å². The van der Waals surface area contributed by atoms with E-state index in [9.17, 15) is 9.90 Å². The molecule has 1 amide bonds. The maximum absolute atomic E-state index is 12.4. The number of nitrogens with zero attached hydrogens (tertiary/aromatic N) is 7. The molecule has 1 saturated carbocycles. The van der Waals surface area contributed by atoms with Gasteiger partial charge >= 0.3 is 6.09 Å². The predicted molar refractivity (Wildman–Crippen MR) is 162 cm³/mol. The average molecular weight is 594 g/mol. The molecule has 2 aromatic heterocycles. The van der Waals surface area contributed by atoms with Gasteiger partial charge in [-0.15, -0.1) is 15.3 Å². The van der Waals surface area contributed by atoms with Crippen molar-refractivity contribution in [1.82, 2.24) is 34.7 Å². The molecule has 0 radical (unpaired) electrons. The average Bonchev–Trinajstić information content (AvgIpc) is 3.61. The number of aromatic nitrogens is 6. The molecule has 2 fully saturated rings. The Morgan fingerprint density at radius 1 is 1.05 bits per heavy atom. The van der Waals surface area contributed by atoms with E-state index in [4.69, 9.17) is 9.47 Å². The van der Waals surface area contributed by atoms with E-state index in [1.54, 1.807) is 4.90 Å². The predicted octanol–water partition coefficient (Wildman–Crippen LogP) is 5.79. The molecule has 3 aromatic rings. The topological polar surface area (TPSA) is 120 Å². The van der Waals surface area contributed by atoms with Crippen molar-refractivity contribution in [3.63, 3.8) is 0 Å². The van der Waals surface area contributed by atoms with Crippen molar-refractivity contribution >= 4 is 6.09 Å². The second-order valence-electron chi connectivity index (χ2n) is 13.6. The molecule has 0 spiro atoms. The summed E-state index contributed by atoms with van der Waals surface area (Å²) in [4.78, 5) is 14.1. The molecule has 2 aliphatic rings. The summed E-state index contributed by atoms with van der Waals surface area (Å²) in [5, 5.41) is 29.2. The molecule has 5 rings (SSSR count). The largest absolute Gasteiger partial charge is 0.483 e. The zero-order valence-corrected chi connectivity index (χ0v) is 26.7. The fourth-order valence-corrected chi connectivity index (χ4v) is 6.18. The molecule has 1 saturated heterocycles. The Balaban J connectivity index is 1.16. The molecular formula is C32H47N7O4. The van der Waals surface area contributed by atoms with Gasteiger partial charge in [0.2, 0.25) is 0 Å². The van der Waals surface area contributed by atoms with Crippen LogP contribution in [-0.4, -0.2) is 64.5 Å². The summed E-state index contributed by atoms with van der Waals surface area (Å²) >= 11 is 0. The second-order valence-corrected chi connectivity index (χ2v) is 13.6. The quantitative estimate of drug-likeness (QED) is 0.366. The van der Waals surface area contributed by atoms with Gasteiger partial charge in [0.25, 0.3) is 0 Å². The van der Waals surface area contributed by atoms with Gasteiger partial charge in [0, 0.05) is 26.1 Å². The van der Waals surface area contributed by atoms with E-state index >= 15 is 0 Å². The highest BCUT2D eigenvalue weighted by Gasteiger charge is 2.39. The summed E-state index contributed by atoms with van der Waals surface area (Å²) in [5.74, 6) is 3.40. The third kappa shape index (κ3) is 7.03. The van der Waals surface area contributed by atoms with Gasteiger partial charge in [-0.3, -0.25) is 0 Å². The number of carbonyl (C=O) groups is 1. The van der Waals surface area contributed by atoms with Gasteiger partial charge in [-0.05, 0) is 89.8 Å². The molecule has 234 valence electrons. The number of ether oxygens (including phenoxy) is 2. The van der Waals surface area contributed by atoms with Crippen molar-refractivity contribution < 1.29 is 19.4 Å². The van der Waals surface area contributed by atoms with Crippen LogP contribution in [0.1, 0.15) is 127 Å². The summed E-state index contributed by atoms with van der Waals surface area (Å²) in [7, 11) is 2.03. The van der Waals surface area contributed by atoms with Crippen molar-refractivity contribution in [2.75, 3.05) is 13.1 Å². The Hall–Kier alpha value is -3.47. The number of hydrogen-bond donors (Lipinski definition) is 1. The van der Waals surface area contributed by atoms with E-state index in [1.807, 2.05) is 57.8 Å². The monoisotopic (exact) mass is 593 g/mol. The first kappa shape index (κ1) is 31.0. The van der Waals surface area contributed by atoms with Gasteiger partial charge in [0.05, 0.1) is 12.2 Å². The van der Waals surface area contributed by atoms with Crippen LogP contribution >= 0.6 is 0 Å². The number of amides is 1. The summed E-state index contributed by atoms with van der Waals surface area (Å²) in [5.41, 5.74) is 0.175. The highest BCUT2D eigenvalue weighted by atomic mass is 16.6. The van der Waals surface area contributed by atoms with Crippen molar-refractivity contribution in [2.24, 2.45) is 7.05 Å². The lowest BCUT2D eigenvalue weighted by molar-refractivity contribution is -0.0382. The smallest absolute Gasteiger partial charge is 0.410 e. The van der Waals surface area contributed by atoms with Crippen molar-refractivity contribution in [1.29, 1.82) is 0 Å². The Kier molecular flexibility index (Phi) is 8.83. The number of benzene rings is 1. The molecule has 1 aliphatic carbocycles. The lowest BCUT2D eigenvalue weighted by atomic mass is 9.85. The fourth-order valence-electron chi connectivity index (χ4n) is 6.18. The first-order valence-corrected chi connectivity index (χ1v) is 15.6. The Bertz CT molecular complexity index is 1390. The molecule has 1 N–H and O–H groups in total. The van der Waals surface area contributed by atoms with E-state index in [2.05, 4.69) is 51.1 Å². The van der Waals surface area contributed by atoms with E-state index in [-0.39, 0.29) is 18.2 Å². The zero-order valence-electron chi connectivity index (χ0n) is 26.7. The van der Waals surface area contributed by atoms with Crippen LogP contribution in [0.5, 0.6) is 5.75 Å². The number of likely N-dealkylation sites (tertiary alicyclic amines) is 1. The first-order chi connectivity index (χ1) is 20.3. The minimum atomic E-state index is -1.10. The Morgan fingerprint density at radius 3 is 2.40 bits per heavy atom. The number of piperidine rings is 1. The summed E-state index contributed by atoms with van der Waals surface area (Å²) in [6, 6.07) is 8.46. The van der Waals surface area contributed by atoms with Crippen molar-refractivity contribution in [2.45, 2.75) is 115 Å².